The van der Waals surface area contributed by atoms with E-state index in [-0.39, 0.29) is 0 Å². The Hall–Kier alpha value is -0.120. The highest BCUT2D eigenvalue weighted by molar-refractivity contribution is 4.71. The lowest BCUT2D eigenvalue weighted by Gasteiger charge is -2.33. The van der Waals surface area contributed by atoms with E-state index in [4.69, 9.17) is 9.47 Å². The van der Waals surface area contributed by atoms with Crippen LogP contribution in [0.15, 0.2) is 0 Å². The molecular weight excluding hydrogens is 262 g/mol. The summed E-state index contributed by atoms with van der Waals surface area (Å²) in [6, 6.07) is 0. The van der Waals surface area contributed by atoms with E-state index in [1.54, 1.807) is 0 Å². The van der Waals surface area contributed by atoms with Gasteiger partial charge in [-0.05, 0) is 31.1 Å². The van der Waals surface area contributed by atoms with Crippen molar-refractivity contribution in [1.82, 2.24) is 4.90 Å². The van der Waals surface area contributed by atoms with Crippen molar-refractivity contribution in [1.29, 1.82) is 0 Å². The first-order chi connectivity index (χ1) is 10.1. The van der Waals surface area contributed by atoms with Crippen LogP contribution in [0.5, 0.6) is 0 Å². The molecule has 0 aromatic rings. The van der Waals surface area contributed by atoms with E-state index < -0.39 is 0 Å². The molecule has 1 fully saturated rings. The Morgan fingerprint density at radius 2 is 1.76 bits per heavy atom. The van der Waals surface area contributed by atoms with Crippen LogP contribution in [0.3, 0.4) is 0 Å². The number of rotatable bonds is 11. The standard InChI is InChI=1S/C18H37NO2/c1-16(2)7-5-9-18-15-19(11-14-21-18)10-13-20-12-6-8-17(3)4/h16-18H,5-15H2,1-4H3/t18-/m1/s1. The van der Waals surface area contributed by atoms with Crippen molar-refractivity contribution >= 4 is 0 Å². The van der Waals surface area contributed by atoms with Crippen molar-refractivity contribution in [3.05, 3.63) is 0 Å². The molecule has 0 amide bonds. The fourth-order valence-electron chi connectivity index (χ4n) is 2.80. The Bertz CT molecular complexity index is 243. The molecule has 21 heavy (non-hydrogen) atoms. The van der Waals surface area contributed by atoms with Gasteiger partial charge in [0.15, 0.2) is 0 Å². The molecule has 0 N–H and O–H groups in total. The van der Waals surface area contributed by atoms with Gasteiger partial charge in [0, 0.05) is 26.2 Å². The third-order valence-electron chi connectivity index (χ3n) is 4.15. The molecule has 1 aliphatic heterocycles. The largest absolute Gasteiger partial charge is 0.380 e. The van der Waals surface area contributed by atoms with Gasteiger partial charge in [-0.1, -0.05) is 40.5 Å². The molecule has 0 unspecified atom stereocenters. The quantitative estimate of drug-likeness (QED) is 0.539. The molecule has 0 radical (unpaired) electrons. The first-order valence-electron chi connectivity index (χ1n) is 8.99. The molecule has 0 aromatic carbocycles. The predicted octanol–water partition coefficient (Wildman–Crippen LogP) is 3.97. The second-order valence-corrected chi connectivity index (χ2v) is 7.27. The molecule has 0 spiro atoms. The lowest BCUT2D eigenvalue weighted by Crippen LogP contribution is -2.43. The van der Waals surface area contributed by atoms with E-state index >= 15 is 0 Å². The third kappa shape index (κ3) is 10.3. The van der Waals surface area contributed by atoms with Gasteiger partial charge in [0.2, 0.25) is 0 Å². The first kappa shape index (κ1) is 18.9. The summed E-state index contributed by atoms with van der Waals surface area (Å²) in [5.41, 5.74) is 0. The van der Waals surface area contributed by atoms with E-state index in [1.807, 2.05) is 0 Å². The third-order valence-corrected chi connectivity index (χ3v) is 4.15. The maximum Gasteiger partial charge on any atom is 0.0702 e. The summed E-state index contributed by atoms with van der Waals surface area (Å²) in [6.07, 6.45) is 6.73. The van der Waals surface area contributed by atoms with Gasteiger partial charge >= 0.3 is 0 Å². The fourth-order valence-corrected chi connectivity index (χ4v) is 2.80. The van der Waals surface area contributed by atoms with E-state index in [1.165, 1.54) is 32.1 Å². The Morgan fingerprint density at radius 1 is 1.05 bits per heavy atom. The van der Waals surface area contributed by atoms with Gasteiger partial charge in [0.1, 0.15) is 0 Å². The molecule has 3 heteroatoms. The molecule has 0 aromatic heterocycles. The molecule has 1 atom stereocenters. The highest BCUT2D eigenvalue weighted by atomic mass is 16.5. The minimum Gasteiger partial charge on any atom is -0.380 e. The predicted molar refractivity (Wildman–Crippen MR) is 89.8 cm³/mol. The summed E-state index contributed by atoms with van der Waals surface area (Å²) in [5.74, 6) is 1.60. The maximum absolute atomic E-state index is 5.88. The summed E-state index contributed by atoms with van der Waals surface area (Å²) in [4.78, 5) is 2.51. The summed E-state index contributed by atoms with van der Waals surface area (Å²) in [7, 11) is 0. The Labute approximate surface area is 132 Å². The van der Waals surface area contributed by atoms with Crippen molar-refractivity contribution in [3.8, 4) is 0 Å². The van der Waals surface area contributed by atoms with Crippen LogP contribution in [0.2, 0.25) is 0 Å². The molecule has 3 nitrogen and oxygen atoms in total. The topological polar surface area (TPSA) is 21.7 Å². The summed E-state index contributed by atoms with van der Waals surface area (Å²) >= 11 is 0. The van der Waals surface area contributed by atoms with E-state index in [0.717, 1.165) is 51.3 Å². The molecule has 1 aliphatic rings. The lowest BCUT2D eigenvalue weighted by molar-refractivity contribution is -0.0406. The van der Waals surface area contributed by atoms with Crippen LogP contribution >= 0.6 is 0 Å². The molecule has 126 valence electrons. The first-order valence-corrected chi connectivity index (χ1v) is 8.99. The minimum atomic E-state index is 0.443. The van der Waals surface area contributed by atoms with Gasteiger partial charge in [0.25, 0.3) is 0 Å². The van der Waals surface area contributed by atoms with Crippen molar-refractivity contribution in [2.75, 3.05) is 39.5 Å². The zero-order valence-electron chi connectivity index (χ0n) is 14.8. The number of ether oxygens (including phenoxy) is 2. The molecule has 1 heterocycles. The van der Waals surface area contributed by atoms with Gasteiger partial charge in [-0.25, -0.2) is 0 Å². The van der Waals surface area contributed by atoms with Crippen molar-refractivity contribution in [2.24, 2.45) is 11.8 Å². The van der Waals surface area contributed by atoms with Crippen LogP contribution in [0.4, 0.5) is 0 Å². The highest BCUT2D eigenvalue weighted by Gasteiger charge is 2.19. The number of nitrogens with zero attached hydrogens (tertiary/aromatic N) is 1. The number of hydrogen-bond acceptors (Lipinski definition) is 3. The van der Waals surface area contributed by atoms with Crippen LogP contribution in [0.1, 0.15) is 59.8 Å². The molecule has 0 saturated carbocycles. The number of hydrogen-bond donors (Lipinski definition) is 0. The minimum absolute atomic E-state index is 0.443. The molecule has 0 aliphatic carbocycles. The second kappa shape index (κ2) is 11.4. The van der Waals surface area contributed by atoms with Crippen LogP contribution in [0, 0.1) is 11.8 Å². The van der Waals surface area contributed by atoms with Crippen LogP contribution < -0.4 is 0 Å². The van der Waals surface area contributed by atoms with E-state index in [0.29, 0.717) is 6.10 Å². The smallest absolute Gasteiger partial charge is 0.0702 e. The Balaban J connectivity index is 2.01. The van der Waals surface area contributed by atoms with E-state index in [2.05, 4.69) is 32.6 Å². The van der Waals surface area contributed by atoms with Gasteiger partial charge in [0.05, 0.1) is 19.3 Å². The van der Waals surface area contributed by atoms with Crippen molar-refractivity contribution in [2.45, 2.75) is 65.9 Å². The SMILES string of the molecule is CC(C)CCCOCCN1CCO[C@H](CCCC(C)C)C1. The molecular formula is C18H37NO2. The van der Waals surface area contributed by atoms with Crippen LogP contribution in [-0.4, -0.2) is 50.5 Å². The van der Waals surface area contributed by atoms with Crippen LogP contribution in [-0.2, 0) is 9.47 Å². The zero-order valence-corrected chi connectivity index (χ0v) is 14.8. The van der Waals surface area contributed by atoms with Crippen LogP contribution in [0.25, 0.3) is 0 Å². The summed E-state index contributed by atoms with van der Waals surface area (Å²) < 4.78 is 11.6. The van der Waals surface area contributed by atoms with Gasteiger partial charge in [-0.15, -0.1) is 0 Å². The monoisotopic (exact) mass is 299 g/mol. The van der Waals surface area contributed by atoms with Gasteiger partial charge in [-0.3, -0.25) is 4.90 Å². The van der Waals surface area contributed by atoms with Crippen molar-refractivity contribution in [3.63, 3.8) is 0 Å². The average molecular weight is 299 g/mol. The van der Waals surface area contributed by atoms with Crippen molar-refractivity contribution < 1.29 is 9.47 Å². The number of morpholine rings is 1. The molecule has 1 saturated heterocycles. The molecule has 1 rings (SSSR count). The average Bonchev–Trinajstić information content (AvgIpc) is 2.42. The maximum atomic E-state index is 5.88. The normalized spacial score (nSPS) is 20.6. The lowest BCUT2D eigenvalue weighted by atomic mass is 10.0. The summed E-state index contributed by atoms with van der Waals surface area (Å²) in [6.45, 7) is 15.0. The zero-order chi connectivity index (χ0) is 15.5. The Morgan fingerprint density at radius 3 is 2.48 bits per heavy atom. The Kier molecular flexibility index (Phi) is 10.3. The summed E-state index contributed by atoms with van der Waals surface area (Å²) in [5, 5.41) is 0. The fraction of sp³-hybridized carbons (Fsp3) is 1.00. The van der Waals surface area contributed by atoms with E-state index in [9.17, 15) is 0 Å². The van der Waals surface area contributed by atoms with Gasteiger partial charge < -0.3 is 9.47 Å². The second-order valence-electron chi connectivity index (χ2n) is 7.27. The van der Waals surface area contributed by atoms with Gasteiger partial charge in [-0.2, -0.15) is 0 Å². The highest BCUT2D eigenvalue weighted by Crippen LogP contribution is 2.14. The molecule has 0 bridgehead atoms.